The van der Waals surface area contributed by atoms with Gasteiger partial charge in [-0.15, -0.1) is 0 Å². The van der Waals surface area contributed by atoms with E-state index in [-0.39, 0.29) is 29.7 Å². The molecule has 0 aromatic carbocycles. The van der Waals surface area contributed by atoms with Crippen molar-refractivity contribution in [3.05, 3.63) is 24.5 Å². The molecule has 106 valence electrons. The molecule has 0 amide bonds. The van der Waals surface area contributed by atoms with Crippen LogP contribution in [0.5, 0.6) is 0 Å². The molecule has 1 heterocycles. The summed E-state index contributed by atoms with van der Waals surface area (Å²) in [4.78, 5) is 3.94. The number of hydrogen-bond acceptors (Lipinski definition) is 5. The maximum Gasteiger partial charge on any atom is 0.244 e. The van der Waals surface area contributed by atoms with Crippen molar-refractivity contribution in [2.75, 3.05) is 6.54 Å². The van der Waals surface area contributed by atoms with Crippen molar-refractivity contribution in [2.24, 2.45) is 10.9 Å². The van der Waals surface area contributed by atoms with Gasteiger partial charge in [-0.05, 0) is 26.0 Å². The van der Waals surface area contributed by atoms with Gasteiger partial charge in [0.05, 0.1) is 0 Å². The van der Waals surface area contributed by atoms with Crippen LogP contribution in [0.4, 0.5) is 0 Å². The van der Waals surface area contributed by atoms with Gasteiger partial charge >= 0.3 is 0 Å². The predicted octanol–water partition coefficient (Wildman–Crippen LogP) is 0.617. The van der Waals surface area contributed by atoms with Crippen LogP contribution in [0.15, 0.2) is 34.6 Å². The van der Waals surface area contributed by atoms with Crippen LogP contribution in [-0.4, -0.2) is 41.3 Å². The van der Waals surface area contributed by atoms with E-state index in [4.69, 9.17) is 10.9 Å². The molecule has 0 bridgehead atoms. The number of amidine groups is 1. The highest BCUT2D eigenvalue weighted by molar-refractivity contribution is 7.89. The van der Waals surface area contributed by atoms with Crippen LogP contribution in [0, 0.1) is 0 Å². The topological polar surface area (TPSA) is 109 Å². The second-order valence-electron chi connectivity index (χ2n) is 4.24. The lowest BCUT2D eigenvalue weighted by Gasteiger charge is -2.25. The standard InChI is InChI=1S/C11H18N4O3S/c1-9(2)15(7-5-11(12)14-16)19(17,18)10-4-3-6-13-8-10/h3-4,6,8-9,16H,5,7H2,1-2H3,(H2,12,14). The van der Waals surface area contributed by atoms with Gasteiger partial charge in [-0.1, -0.05) is 5.16 Å². The van der Waals surface area contributed by atoms with Gasteiger partial charge in [0.15, 0.2) is 0 Å². The summed E-state index contributed by atoms with van der Waals surface area (Å²) in [5, 5.41) is 11.3. The van der Waals surface area contributed by atoms with Crippen molar-refractivity contribution >= 4 is 15.9 Å². The quantitative estimate of drug-likeness (QED) is 0.345. The van der Waals surface area contributed by atoms with Crippen LogP contribution in [0.25, 0.3) is 0 Å². The van der Waals surface area contributed by atoms with Crippen molar-refractivity contribution in [1.29, 1.82) is 0 Å². The molecule has 0 fully saturated rings. The van der Waals surface area contributed by atoms with Crippen LogP contribution in [0.1, 0.15) is 20.3 Å². The molecule has 8 heteroatoms. The summed E-state index contributed by atoms with van der Waals surface area (Å²) < 4.78 is 26.1. The smallest absolute Gasteiger partial charge is 0.244 e. The number of rotatable bonds is 6. The largest absolute Gasteiger partial charge is 0.409 e. The van der Waals surface area contributed by atoms with Gasteiger partial charge in [-0.3, -0.25) is 4.98 Å². The number of hydrogen-bond donors (Lipinski definition) is 2. The summed E-state index contributed by atoms with van der Waals surface area (Å²) >= 11 is 0. The normalized spacial score (nSPS) is 13.2. The van der Waals surface area contributed by atoms with Gasteiger partial charge in [0.1, 0.15) is 10.7 Å². The fourth-order valence-electron chi connectivity index (χ4n) is 1.57. The Kier molecular flexibility index (Phi) is 5.25. The van der Waals surface area contributed by atoms with E-state index < -0.39 is 10.0 Å². The van der Waals surface area contributed by atoms with Gasteiger partial charge in [-0.2, -0.15) is 4.31 Å². The number of sulfonamides is 1. The molecule has 0 aliphatic rings. The van der Waals surface area contributed by atoms with E-state index in [1.807, 2.05) is 0 Å². The minimum Gasteiger partial charge on any atom is -0.409 e. The van der Waals surface area contributed by atoms with Crippen LogP contribution < -0.4 is 5.73 Å². The minimum atomic E-state index is -3.63. The van der Waals surface area contributed by atoms with Crippen molar-refractivity contribution in [3.63, 3.8) is 0 Å². The Bertz CT molecular complexity index is 528. The SMILES string of the molecule is CC(C)N(CC/C(N)=N/O)S(=O)(=O)c1cccnc1. The molecule has 3 N–H and O–H groups in total. The van der Waals surface area contributed by atoms with Gasteiger partial charge in [-0.25, -0.2) is 8.42 Å². The summed E-state index contributed by atoms with van der Waals surface area (Å²) in [7, 11) is -3.63. The van der Waals surface area contributed by atoms with Crippen LogP contribution in [-0.2, 0) is 10.0 Å². The fraction of sp³-hybridized carbons (Fsp3) is 0.455. The Morgan fingerprint density at radius 2 is 2.26 bits per heavy atom. The number of nitrogens with zero attached hydrogens (tertiary/aromatic N) is 3. The Balaban J connectivity index is 2.99. The summed E-state index contributed by atoms with van der Waals surface area (Å²) in [6.07, 6.45) is 2.97. The van der Waals surface area contributed by atoms with Gasteiger partial charge in [0.2, 0.25) is 10.0 Å². The van der Waals surface area contributed by atoms with E-state index in [0.29, 0.717) is 0 Å². The maximum absolute atomic E-state index is 12.4. The Labute approximate surface area is 112 Å². The van der Waals surface area contributed by atoms with E-state index >= 15 is 0 Å². The van der Waals surface area contributed by atoms with E-state index in [1.54, 1.807) is 19.9 Å². The first-order valence-electron chi connectivity index (χ1n) is 5.78. The molecule has 0 aliphatic heterocycles. The summed E-state index contributed by atoms with van der Waals surface area (Å²) in [6.45, 7) is 3.67. The summed E-state index contributed by atoms with van der Waals surface area (Å²) in [6, 6.07) is 2.81. The van der Waals surface area contributed by atoms with Crippen LogP contribution in [0.2, 0.25) is 0 Å². The third kappa shape index (κ3) is 3.90. The third-order valence-corrected chi connectivity index (χ3v) is 4.59. The van der Waals surface area contributed by atoms with Crippen LogP contribution >= 0.6 is 0 Å². The second-order valence-corrected chi connectivity index (χ2v) is 6.13. The summed E-state index contributed by atoms with van der Waals surface area (Å²) in [5.74, 6) is -0.00737. The predicted molar refractivity (Wildman–Crippen MR) is 71.3 cm³/mol. The molecule has 0 saturated carbocycles. The van der Waals surface area contributed by atoms with Gasteiger partial charge in [0, 0.05) is 31.4 Å². The number of nitrogens with two attached hydrogens (primary N) is 1. The van der Waals surface area contributed by atoms with Crippen LogP contribution in [0.3, 0.4) is 0 Å². The molecule has 0 unspecified atom stereocenters. The lowest BCUT2D eigenvalue weighted by molar-refractivity contribution is 0.313. The minimum absolute atomic E-state index is 0.00737. The van der Waals surface area contributed by atoms with Crippen molar-refractivity contribution in [3.8, 4) is 0 Å². The van der Waals surface area contributed by atoms with E-state index in [1.165, 1.54) is 22.8 Å². The Morgan fingerprint density at radius 1 is 1.58 bits per heavy atom. The highest BCUT2D eigenvalue weighted by Gasteiger charge is 2.26. The molecular formula is C11H18N4O3S. The molecule has 19 heavy (non-hydrogen) atoms. The fourth-order valence-corrected chi connectivity index (χ4v) is 3.17. The first-order chi connectivity index (χ1) is 8.89. The first-order valence-corrected chi connectivity index (χ1v) is 7.22. The number of aromatic nitrogens is 1. The Morgan fingerprint density at radius 3 is 2.74 bits per heavy atom. The molecule has 1 aromatic rings. The molecule has 1 rings (SSSR count). The van der Waals surface area contributed by atoms with E-state index in [0.717, 1.165) is 0 Å². The second kappa shape index (κ2) is 6.48. The third-order valence-electron chi connectivity index (χ3n) is 2.53. The van der Waals surface area contributed by atoms with Crippen molar-refractivity contribution in [2.45, 2.75) is 31.2 Å². The zero-order valence-corrected chi connectivity index (χ0v) is 11.7. The highest BCUT2D eigenvalue weighted by Crippen LogP contribution is 2.17. The molecule has 0 aliphatic carbocycles. The number of oxime groups is 1. The monoisotopic (exact) mass is 286 g/mol. The zero-order valence-electron chi connectivity index (χ0n) is 10.9. The molecule has 0 atom stereocenters. The van der Waals surface area contributed by atoms with E-state index in [9.17, 15) is 8.42 Å². The summed E-state index contributed by atoms with van der Waals surface area (Å²) in [5.41, 5.74) is 5.37. The van der Waals surface area contributed by atoms with Crippen molar-refractivity contribution < 1.29 is 13.6 Å². The average molecular weight is 286 g/mol. The number of pyridine rings is 1. The Hall–Kier alpha value is -1.67. The first kappa shape index (κ1) is 15.4. The van der Waals surface area contributed by atoms with Crippen molar-refractivity contribution in [1.82, 2.24) is 9.29 Å². The lowest BCUT2D eigenvalue weighted by Crippen LogP contribution is -2.39. The van der Waals surface area contributed by atoms with E-state index in [2.05, 4.69) is 10.1 Å². The zero-order chi connectivity index (χ0) is 14.5. The van der Waals surface area contributed by atoms with Gasteiger partial charge in [0.25, 0.3) is 0 Å². The molecular weight excluding hydrogens is 268 g/mol. The highest BCUT2D eigenvalue weighted by atomic mass is 32.2. The lowest BCUT2D eigenvalue weighted by atomic mass is 10.3. The molecule has 7 nitrogen and oxygen atoms in total. The maximum atomic E-state index is 12.4. The molecule has 1 aromatic heterocycles. The molecule has 0 radical (unpaired) electrons. The van der Waals surface area contributed by atoms with Gasteiger partial charge < -0.3 is 10.9 Å². The molecule has 0 spiro atoms. The molecule has 0 saturated heterocycles. The average Bonchev–Trinajstić information content (AvgIpc) is 2.39.